The van der Waals surface area contributed by atoms with Gasteiger partial charge in [0.2, 0.25) is 0 Å². The smallest absolute Gasteiger partial charge is 0.338 e. The van der Waals surface area contributed by atoms with Gasteiger partial charge >= 0.3 is 5.97 Å². The Balaban J connectivity index is 1.66. The van der Waals surface area contributed by atoms with Crippen LogP contribution in [0, 0.1) is 24.0 Å². The molecule has 2 aromatic carbocycles. The SMILES string of the molecule is Cc1cc(NC(=O)C(C)OC(=O)c2ccc(NS(=O)(=O)c3cc([N+](=O)[O-])ccc3C)cc2)no1. The Morgan fingerprint density at radius 1 is 1.12 bits per heavy atom. The van der Waals surface area contributed by atoms with Crippen molar-refractivity contribution in [3.8, 4) is 0 Å². The summed E-state index contributed by atoms with van der Waals surface area (Å²) in [6.07, 6.45) is -1.14. The van der Waals surface area contributed by atoms with Crippen molar-refractivity contribution >= 4 is 39.1 Å². The Bertz CT molecular complexity index is 1350. The van der Waals surface area contributed by atoms with Gasteiger partial charge in [0, 0.05) is 23.9 Å². The van der Waals surface area contributed by atoms with E-state index in [0.29, 0.717) is 11.3 Å². The van der Waals surface area contributed by atoms with Crippen molar-refractivity contribution in [2.75, 3.05) is 10.0 Å². The van der Waals surface area contributed by atoms with Crippen LogP contribution < -0.4 is 10.0 Å². The maximum Gasteiger partial charge on any atom is 0.338 e. The zero-order valence-corrected chi connectivity index (χ0v) is 19.1. The summed E-state index contributed by atoms with van der Waals surface area (Å²) < 4.78 is 37.7. The number of sulfonamides is 1. The molecule has 0 aliphatic heterocycles. The highest BCUT2D eigenvalue weighted by Gasteiger charge is 2.22. The first-order valence-electron chi connectivity index (χ1n) is 9.79. The number of nitrogens with zero attached hydrogens (tertiary/aromatic N) is 2. The summed E-state index contributed by atoms with van der Waals surface area (Å²) in [5.41, 5.74) is 0.160. The Morgan fingerprint density at radius 3 is 2.38 bits per heavy atom. The van der Waals surface area contributed by atoms with Gasteiger partial charge in [-0.3, -0.25) is 19.6 Å². The fourth-order valence-corrected chi connectivity index (χ4v) is 4.14. The van der Waals surface area contributed by atoms with Crippen LogP contribution in [0.25, 0.3) is 0 Å². The minimum Gasteiger partial charge on any atom is -0.449 e. The third kappa shape index (κ3) is 5.75. The van der Waals surface area contributed by atoms with E-state index in [9.17, 15) is 28.1 Å². The molecule has 3 aromatic rings. The minimum atomic E-state index is -4.13. The maximum atomic E-state index is 12.7. The highest BCUT2D eigenvalue weighted by Crippen LogP contribution is 2.24. The van der Waals surface area contributed by atoms with Crippen molar-refractivity contribution in [3.05, 3.63) is 75.5 Å². The van der Waals surface area contributed by atoms with Crippen LogP contribution in [0.5, 0.6) is 0 Å². The average molecular weight is 488 g/mol. The summed E-state index contributed by atoms with van der Waals surface area (Å²) in [6, 6.07) is 10.3. The van der Waals surface area contributed by atoms with Crippen LogP contribution in [-0.2, 0) is 19.6 Å². The molecule has 0 aliphatic rings. The molecule has 1 unspecified atom stereocenters. The van der Waals surface area contributed by atoms with Gasteiger partial charge in [-0.15, -0.1) is 0 Å². The lowest BCUT2D eigenvalue weighted by Crippen LogP contribution is -2.30. The fraction of sp³-hybridized carbons (Fsp3) is 0.190. The Labute approximate surface area is 194 Å². The summed E-state index contributed by atoms with van der Waals surface area (Å²) >= 11 is 0. The number of aryl methyl sites for hydroxylation is 2. The topological polar surface area (TPSA) is 171 Å². The van der Waals surface area contributed by atoms with E-state index in [0.717, 1.165) is 6.07 Å². The number of carbonyl (C=O) groups excluding carboxylic acids is 2. The van der Waals surface area contributed by atoms with Crippen LogP contribution in [0.1, 0.15) is 28.6 Å². The summed E-state index contributed by atoms with van der Waals surface area (Å²) in [4.78, 5) is 34.5. The van der Waals surface area contributed by atoms with Crippen molar-refractivity contribution in [2.24, 2.45) is 0 Å². The number of esters is 1. The molecule has 13 heteroatoms. The number of aromatic nitrogens is 1. The fourth-order valence-electron chi connectivity index (χ4n) is 2.81. The molecule has 34 heavy (non-hydrogen) atoms. The number of nitrogens with one attached hydrogen (secondary N) is 2. The van der Waals surface area contributed by atoms with Gasteiger partial charge in [-0.2, -0.15) is 0 Å². The van der Waals surface area contributed by atoms with Gasteiger partial charge < -0.3 is 14.6 Å². The minimum absolute atomic E-state index is 0.0754. The molecular formula is C21H20N4O8S. The predicted octanol–water partition coefficient (Wildman–Crippen LogP) is 3.18. The lowest BCUT2D eigenvalue weighted by atomic mass is 10.2. The third-order valence-electron chi connectivity index (χ3n) is 4.58. The van der Waals surface area contributed by atoms with Crippen molar-refractivity contribution in [3.63, 3.8) is 0 Å². The number of rotatable bonds is 8. The molecule has 0 radical (unpaired) electrons. The van der Waals surface area contributed by atoms with Crippen molar-refractivity contribution in [1.82, 2.24) is 5.16 Å². The van der Waals surface area contributed by atoms with Gasteiger partial charge in [0.1, 0.15) is 5.76 Å². The summed E-state index contributed by atoms with van der Waals surface area (Å²) in [7, 11) is -4.13. The molecule has 0 saturated carbocycles. The second-order valence-electron chi connectivity index (χ2n) is 7.25. The van der Waals surface area contributed by atoms with E-state index < -0.39 is 32.9 Å². The van der Waals surface area contributed by atoms with E-state index >= 15 is 0 Å². The number of carbonyl (C=O) groups is 2. The number of amides is 1. The third-order valence-corrected chi connectivity index (χ3v) is 6.10. The normalized spacial score (nSPS) is 12.0. The number of non-ortho nitro benzene ring substituents is 1. The lowest BCUT2D eigenvalue weighted by Gasteiger charge is -2.13. The molecule has 1 atom stereocenters. The van der Waals surface area contributed by atoms with Gasteiger partial charge in [0.15, 0.2) is 11.9 Å². The van der Waals surface area contributed by atoms with Crippen LogP contribution in [0.2, 0.25) is 0 Å². The number of nitro benzene ring substituents is 1. The van der Waals surface area contributed by atoms with Gasteiger partial charge in [0.25, 0.3) is 21.6 Å². The van der Waals surface area contributed by atoms with Crippen LogP contribution in [0.3, 0.4) is 0 Å². The molecule has 1 amide bonds. The van der Waals surface area contributed by atoms with Gasteiger partial charge in [0.05, 0.1) is 15.4 Å². The molecular weight excluding hydrogens is 468 g/mol. The molecule has 0 bridgehead atoms. The van der Waals surface area contributed by atoms with Gasteiger partial charge in [-0.1, -0.05) is 11.2 Å². The molecule has 1 aromatic heterocycles. The summed E-state index contributed by atoms with van der Waals surface area (Å²) in [6.45, 7) is 4.54. The van der Waals surface area contributed by atoms with E-state index in [2.05, 4.69) is 15.2 Å². The number of nitro groups is 1. The highest BCUT2D eigenvalue weighted by atomic mass is 32.2. The standard InChI is InChI=1S/C21H20N4O8S/c1-12-4-9-17(25(28)29)11-18(12)34(30,31)24-16-7-5-15(6-8-16)21(27)32-14(3)20(26)22-19-10-13(2)33-23-19/h4-11,14,24H,1-3H3,(H,22,23,26). The molecule has 0 fully saturated rings. The molecule has 2 N–H and O–H groups in total. The van der Waals surface area contributed by atoms with Crippen LogP contribution in [-0.4, -0.2) is 36.5 Å². The number of benzene rings is 2. The van der Waals surface area contributed by atoms with E-state index in [-0.39, 0.29) is 27.7 Å². The van der Waals surface area contributed by atoms with Crippen molar-refractivity contribution in [1.29, 1.82) is 0 Å². The van der Waals surface area contributed by atoms with Crippen molar-refractivity contribution < 1.29 is 32.2 Å². The quantitative estimate of drug-likeness (QED) is 0.274. The van der Waals surface area contributed by atoms with E-state index in [4.69, 9.17) is 9.26 Å². The monoisotopic (exact) mass is 488 g/mol. The van der Waals surface area contributed by atoms with Crippen molar-refractivity contribution in [2.45, 2.75) is 31.8 Å². The summed E-state index contributed by atoms with van der Waals surface area (Å²) in [5.74, 6) is -0.737. The first-order valence-corrected chi connectivity index (χ1v) is 11.3. The molecule has 1 heterocycles. The second-order valence-corrected chi connectivity index (χ2v) is 8.90. The molecule has 0 aliphatic carbocycles. The average Bonchev–Trinajstić information content (AvgIpc) is 3.18. The zero-order chi connectivity index (χ0) is 25.0. The van der Waals surface area contributed by atoms with Gasteiger partial charge in [-0.25, -0.2) is 13.2 Å². The van der Waals surface area contributed by atoms with Crippen LogP contribution >= 0.6 is 0 Å². The molecule has 12 nitrogen and oxygen atoms in total. The lowest BCUT2D eigenvalue weighted by molar-refractivity contribution is -0.385. The number of ether oxygens (including phenoxy) is 1. The number of hydrogen-bond acceptors (Lipinski definition) is 9. The van der Waals surface area contributed by atoms with Crippen LogP contribution in [0.4, 0.5) is 17.2 Å². The number of anilines is 2. The Morgan fingerprint density at radius 2 is 1.79 bits per heavy atom. The Hall–Kier alpha value is -4.26. The first-order chi connectivity index (χ1) is 16.0. The highest BCUT2D eigenvalue weighted by molar-refractivity contribution is 7.92. The molecule has 0 saturated heterocycles. The molecule has 3 rings (SSSR count). The van der Waals surface area contributed by atoms with E-state index in [1.807, 2.05) is 0 Å². The molecule has 0 spiro atoms. The molecule has 178 valence electrons. The first kappa shape index (κ1) is 24.4. The number of hydrogen-bond donors (Lipinski definition) is 2. The zero-order valence-electron chi connectivity index (χ0n) is 18.3. The largest absolute Gasteiger partial charge is 0.449 e. The predicted molar refractivity (Wildman–Crippen MR) is 120 cm³/mol. The Kier molecular flexibility index (Phi) is 6.96. The van der Waals surface area contributed by atoms with Gasteiger partial charge in [-0.05, 0) is 50.6 Å². The van der Waals surface area contributed by atoms with E-state index in [1.165, 1.54) is 56.3 Å². The van der Waals surface area contributed by atoms with Crippen LogP contribution in [0.15, 0.2) is 57.9 Å². The second kappa shape index (κ2) is 9.70. The summed E-state index contributed by atoms with van der Waals surface area (Å²) in [5, 5.41) is 17.0. The van der Waals surface area contributed by atoms with E-state index in [1.54, 1.807) is 6.92 Å². The maximum absolute atomic E-state index is 12.7.